The Bertz CT molecular complexity index is 1030. The maximum Gasteiger partial charge on any atom is 0.328 e. The molecule has 3 rings (SSSR count). The number of hydrogen-bond donors (Lipinski definition) is 1. The zero-order valence-corrected chi connectivity index (χ0v) is 16.4. The Labute approximate surface area is 163 Å². The van der Waals surface area contributed by atoms with Crippen molar-refractivity contribution in [3.05, 3.63) is 53.6 Å². The molecule has 0 unspecified atom stereocenters. The number of anilines is 1. The summed E-state index contributed by atoms with van der Waals surface area (Å²) in [7, 11) is -1.20. The number of fused-ring (bicyclic) bond motifs is 1. The van der Waals surface area contributed by atoms with Gasteiger partial charge in [0.15, 0.2) is 11.5 Å². The normalized spacial score (nSPS) is 14.0. The van der Waals surface area contributed by atoms with Gasteiger partial charge in [-0.2, -0.15) is 0 Å². The fourth-order valence-electron chi connectivity index (χ4n) is 3.27. The van der Waals surface area contributed by atoms with Crippen LogP contribution in [0.5, 0.6) is 11.5 Å². The molecular formula is C20H21NO6S. The second kappa shape index (κ2) is 7.93. The number of benzene rings is 2. The van der Waals surface area contributed by atoms with E-state index in [9.17, 15) is 13.2 Å². The molecule has 2 aromatic rings. The zero-order valence-electron chi connectivity index (χ0n) is 15.6. The first kappa shape index (κ1) is 19.8. The number of carboxylic acids is 1. The molecule has 1 N–H and O–H groups in total. The maximum absolute atomic E-state index is 13.5. The number of methoxy groups -OCH3 is 2. The quantitative estimate of drug-likeness (QED) is 0.746. The van der Waals surface area contributed by atoms with Gasteiger partial charge < -0.3 is 14.6 Å². The highest BCUT2D eigenvalue weighted by atomic mass is 32.2. The minimum Gasteiger partial charge on any atom is -0.493 e. The minimum absolute atomic E-state index is 0.0731. The smallest absolute Gasteiger partial charge is 0.328 e. The summed E-state index contributed by atoms with van der Waals surface area (Å²) in [5.74, 6) is -0.846. The van der Waals surface area contributed by atoms with Gasteiger partial charge in [0.1, 0.15) is 4.90 Å². The Morgan fingerprint density at radius 1 is 1.18 bits per heavy atom. The molecular weight excluding hydrogens is 382 g/mol. The molecule has 1 heterocycles. The van der Waals surface area contributed by atoms with E-state index in [1.807, 2.05) is 12.1 Å². The number of carboxylic acid groups (broad SMARTS) is 1. The van der Waals surface area contributed by atoms with Crippen LogP contribution in [0.2, 0.25) is 0 Å². The molecule has 0 amide bonds. The SMILES string of the molecule is COc1cc(/C=C/C(=O)O)cc(S(=O)(=O)N2CCCc3ccccc32)c1OC. The van der Waals surface area contributed by atoms with Crippen LogP contribution in [0.4, 0.5) is 5.69 Å². The van der Waals surface area contributed by atoms with Crippen LogP contribution >= 0.6 is 0 Å². The van der Waals surface area contributed by atoms with E-state index in [0.29, 0.717) is 24.2 Å². The number of aryl methyl sites for hydroxylation is 1. The van der Waals surface area contributed by atoms with Gasteiger partial charge in [0.25, 0.3) is 10.0 Å². The van der Waals surface area contributed by atoms with Crippen molar-refractivity contribution in [1.29, 1.82) is 0 Å². The van der Waals surface area contributed by atoms with Crippen LogP contribution in [0.3, 0.4) is 0 Å². The highest BCUT2D eigenvalue weighted by Crippen LogP contribution is 2.40. The van der Waals surface area contributed by atoms with E-state index in [2.05, 4.69) is 0 Å². The number of hydrogen-bond acceptors (Lipinski definition) is 5. The number of nitrogens with zero attached hydrogens (tertiary/aromatic N) is 1. The van der Waals surface area contributed by atoms with E-state index in [4.69, 9.17) is 14.6 Å². The van der Waals surface area contributed by atoms with Gasteiger partial charge in [-0.3, -0.25) is 4.31 Å². The van der Waals surface area contributed by atoms with Gasteiger partial charge in [0.05, 0.1) is 19.9 Å². The largest absolute Gasteiger partial charge is 0.493 e. The second-order valence-corrected chi connectivity index (χ2v) is 8.07. The third-order valence-corrected chi connectivity index (χ3v) is 6.34. The summed E-state index contributed by atoms with van der Waals surface area (Å²) in [4.78, 5) is 10.8. The average molecular weight is 403 g/mol. The van der Waals surface area contributed by atoms with Gasteiger partial charge in [0.2, 0.25) is 0 Å². The molecule has 0 radical (unpaired) electrons. The van der Waals surface area contributed by atoms with Gasteiger partial charge >= 0.3 is 5.97 Å². The lowest BCUT2D eigenvalue weighted by molar-refractivity contribution is -0.131. The van der Waals surface area contributed by atoms with Gasteiger partial charge in [-0.15, -0.1) is 0 Å². The first-order valence-corrected chi connectivity index (χ1v) is 10.1. The lowest BCUT2D eigenvalue weighted by Gasteiger charge is -2.31. The molecule has 0 bridgehead atoms. The number of carbonyl (C=O) groups is 1. The van der Waals surface area contributed by atoms with Crippen LogP contribution in [0.1, 0.15) is 17.5 Å². The van der Waals surface area contributed by atoms with Gasteiger partial charge in [-0.1, -0.05) is 18.2 Å². The third-order valence-electron chi connectivity index (χ3n) is 4.52. The summed E-state index contributed by atoms with van der Waals surface area (Å²) in [5, 5.41) is 8.88. The summed E-state index contributed by atoms with van der Waals surface area (Å²) >= 11 is 0. The molecule has 0 saturated heterocycles. The van der Waals surface area contributed by atoms with Crippen LogP contribution in [-0.2, 0) is 21.2 Å². The highest BCUT2D eigenvalue weighted by molar-refractivity contribution is 7.93. The van der Waals surface area contributed by atoms with Crippen LogP contribution in [-0.4, -0.2) is 40.3 Å². The number of ether oxygens (including phenoxy) is 2. The van der Waals surface area contributed by atoms with E-state index in [1.54, 1.807) is 12.1 Å². The minimum atomic E-state index is -3.96. The fraction of sp³-hybridized carbons (Fsp3) is 0.250. The second-order valence-electron chi connectivity index (χ2n) is 6.24. The molecule has 28 heavy (non-hydrogen) atoms. The Morgan fingerprint density at radius 2 is 1.93 bits per heavy atom. The van der Waals surface area contributed by atoms with Crippen molar-refractivity contribution in [2.24, 2.45) is 0 Å². The molecule has 2 aromatic carbocycles. The molecule has 0 aliphatic carbocycles. The molecule has 0 saturated carbocycles. The molecule has 8 heteroatoms. The molecule has 1 aliphatic rings. The first-order valence-electron chi connectivity index (χ1n) is 8.66. The van der Waals surface area contributed by atoms with Crippen molar-refractivity contribution in [2.45, 2.75) is 17.7 Å². The number of para-hydroxylation sites is 1. The monoisotopic (exact) mass is 403 g/mol. The third kappa shape index (κ3) is 3.68. The van der Waals surface area contributed by atoms with Crippen molar-refractivity contribution in [1.82, 2.24) is 0 Å². The Hall–Kier alpha value is -3.00. The predicted molar refractivity (Wildman–Crippen MR) is 106 cm³/mol. The topological polar surface area (TPSA) is 93.1 Å². The number of aliphatic carboxylic acids is 1. The van der Waals surface area contributed by atoms with Crippen molar-refractivity contribution >= 4 is 27.8 Å². The molecule has 0 aromatic heterocycles. The van der Waals surface area contributed by atoms with Crippen LogP contribution in [0.25, 0.3) is 6.08 Å². The molecule has 0 spiro atoms. The van der Waals surface area contributed by atoms with E-state index >= 15 is 0 Å². The molecule has 1 aliphatic heterocycles. The number of rotatable bonds is 6. The van der Waals surface area contributed by atoms with Gasteiger partial charge in [0, 0.05) is 12.6 Å². The van der Waals surface area contributed by atoms with Gasteiger partial charge in [-0.05, 0) is 48.2 Å². The average Bonchev–Trinajstić information content (AvgIpc) is 2.70. The lowest BCUT2D eigenvalue weighted by Crippen LogP contribution is -2.35. The van der Waals surface area contributed by atoms with Crippen molar-refractivity contribution in [2.75, 3.05) is 25.1 Å². The van der Waals surface area contributed by atoms with Crippen molar-refractivity contribution in [3.63, 3.8) is 0 Å². The predicted octanol–water partition coefficient (Wildman–Crippen LogP) is 2.94. The summed E-state index contributed by atoms with van der Waals surface area (Å²) in [6, 6.07) is 10.3. The van der Waals surface area contributed by atoms with E-state index in [0.717, 1.165) is 18.1 Å². The summed E-state index contributed by atoms with van der Waals surface area (Å²) in [5.41, 5.74) is 1.98. The summed E-state index contributed by atoms with van der Waals surface area (Å²) < 4.78 is 39.1. The molecule has 7 nitrogen and oxygen atoms in total. The van der Waals surface area contributed by atoms with E-state index < -0.39 is 16.0 Å². The van der Waals surface area contributed by atoms with E-state index in [-0.39, 0.29) is 16.4 Å². The maximum atomic E-state index is 13.5. The summed E-state index contributed by atoms with van der Waals surface area (Å²) in [6.45, 7) is 0.347. The molecule has 148 valence electrons. The Balaban J connectivity index is 2.18. The summed E-state index contributed by atoms with van der Waals surface area (Å²) in [6.07, 6.45) is 3.76. The first-order chi connectivity index (χ1) is 13.4. The standard InChI is InChI=1S/C20H21NO6S/c1-26-17-12-14(9-10-19(22)23)13-18(20(17)27-2)28(24,25)21-11-5-7-15-6-3-4-8-16(15)21/h3-4,6,8-10,12-13H,5,7,11H2,1-2H3,(H,22,23)/b10-9+. The Morgan fingerprint density at radius 3 is 2.61 bits per heavy atom. The molecule has 0 atom stereocenters. The zero-order chi connectivity index (χ0) is 20.3. The van der Waals surface area contributed by atoms with E-state index in [1.165, 1.54) is 36.7 Å². The van der Waals surface area contributed by atoms with Crippen LogP contribution in [0, 0.1) is 0 Å². The number of sulfonamides is 1. The van der Waals surface area contributed by atoms with Crippen molar-refractivity contribution in [3.8, 4) is 11.5 Å². The fourth-order valence-corrected chi connectivity index (χ4v) is 5.02. The highest BCUT2D eigenvalue weighted by Gasteiger charge is 2.33. The van der Waals surface area contributed by atoms with Crippen LogP contribution < -0.4 is 13.8 Å². The Kier molecular flexibility index (Phi) is 5.60. The van der Waals surface area contributed by atoms with Gasteiger partial charge in [-0.25, -0.2) is 13.2 Å². The van der Waals surface area contributed by atoms with Crippen molar-refractivity contribution < 1.29 is 27.8 Å². The lowest BCUT2D eigenvalue weighted by atomic mass is 10.0. The van der Waals surface area contributed by atoms with Crippen LogP contribution in [0.15, 0.2) is 47.4 Å². The molecule has 0 fully saturated rings.